The maximum absolute atomic E-state index is 12.9. The molecule has 1 atom stereocenters. The number of carbonyl (C=O) groups is 3. The number of esters is 1. The minimum atomic E-state index is -0.775. The van der Waals surface area contributed by atoms with Crippen molar-refractivity contribution in [2.45, 2.75) is 38.1 Å². The first-order chi connectivity index (χ1) is 17.6. The summed E-state index contributed by atoms with van der Waals surface area (Å²) < 4.78 is 12.3. The minimum absolute atomic E-state index is 0.0236. The van der Waals surface area contributed by atoms with Gasteiger partial charge < -0.3 is 14.4 Å². The number of aromatic nitrogens is 3. The van der Waals surface area contributed by atoms with E-state index in [1.54, 1.807) is 28.2 Å². The highest BCUT2D eigenvalue weighted by Gasteiger charge is 2.44. The van der Waals surface area contributed by atoms with E-state index in [2.05, 4.69) is 10.1 Å². The Kier molecular flexibility index (Phi) is 6.92. The highest BCUT2D eigenvalue weighted by molar-refractivity contribution is 5.84. The summed E-state index contributed by atoms with van der Waals surface area (Å²) in [5.74, 6) is -0.525. The van der Waals surface area contributed by atoms with Gasteiger partial charge in [0.1, 0.15) is 19.8 Å². The number of ether oxygens (including phenoxy) is 2. The fourth-order valence-electron chi connectivity index (χ4n) is 4.59. The predicted octanol–water partition coefficient (Wildman–Crippen LogP) is 2.50. The van der Waals surface area contributed by atoms with E-state index in [0.29, 0.717) is 25.9 Å². The van der Waals surface area contributed by atoms with Crippen LogP contribution in [0.25, 0.3) is 11.3 Å². The molecule has 1 aromatic carbocycles. The van der Waals surface area contributed by atoms with Crippen LogP contribution < -0.4 is 0 Å². The highest BCUT2D eigenvalue weighted by atomic mass is 16.6. The van der Waals surface area contributed by atoms with Gasteiger partial charge in [0.15, 0.2) is 6.04 Å². The Hall–Kier alpha value is -4.21. The second-order valence-corrected chi connectivity index (χ2v) is 8.85. The van der Waals surface area contributed by atoms with Crippen molar-refractivity contribution < 1.29 is 23.9 Å². The summed E-state index contributed by atoms with van der Waals surface area (Å²) in [6.45, 7) is 1.21. The summed E-state index contributed by atoms with van der Waals surface area (Å²) in [4.78, 5) is 45.4. The molecule has 2 aliphatic heterocycles. The van der Waals surface area contributed by atoms with Gasteiger partial charge in [-0.25, -0.2) is 9.59 Å². The van der Waals surface area contributed by atoms with Crippen LogP contribution in [0.15, 0.2) is 67.1 Å². The van der Waals surface area contributed by atoms with Crippen LogP contribution in [-0.4, -0.2) is 74.3 Å². The van der Waals surface area contributed by atoms with Crippen molar-refractivity contribution in [3.05, 3.63) is 72.7 Å². The first-order valence-corrected chi connectivity index (χ1v) is 12.0. The van der Waals surface area contributed by atoms with E-state index in [4.69, 9.17) is 9.47 Å². The number of rotatable bonds is 7. The van der Waals surface area contributed by atoms with Gasteiger partial charge in [0.25, 0.3) is 0 Å². The highest BCUT2D eigenvalue weighted by Crippen LogP contribution is 2.25. The lowest BCUT2D eigenvalue weighted by Crippen LogP contribution is -2.52. The summed E-state index contributed by atoms with van der Waals surface area (Å²) >= 11 is 0. The lowest BCUT2D eigenvalue weighted by atomic mass is 10.0. The minimum Gasteiger partial charge on any atom is -0.459 e. The number of piperidine rings is 1. The summed E-state index contributed by atoms with van der Waals surface area (Å²) in [5, 5.41) is 4.48. The normalized spacial score (nSPS) is 18.2. The number of amides is 2. The molecular weight excluding hydrogens is 462 g/mol. The second kappa shape index (κ2) is 10.6. The molecule has 0 spiro atoms. The number of likely N-dealkylation sites (tertiary alicyclic amines) is 1. The van der Waals surface area contributed by atoms with Crippen LogP contribution in [0, 0.1) is 0 Å². The molecule has 2 saturated heterocycles. The zero-order valence-corrected chi connectivity index (χ0v) is 19.7. The third-order valence-corrected chi connectivity index (χ3v) is 6.51. The Bertz CT molecular complexity index is 1210. The van der Waals surface area contributed by atoms with Crippen molar-refractivity contribution in [1.29, 1.82) is 0 Å². The molecule has 1 unspecified atom stereocenters. The molecule has 0 saturated carbocycles. The van der Waals surface area contributed by atoms with E-state index >= 15 is 0 Å². The number of hydrogen-bond donors (Lipinski definition) is 0. The monoisotopic (exact) mass is 489 g/mol. The SMILES string of the molecule is O=C(OCc1ccccc1)C1COC(=O)N1C1CCN(C(=O)Cn2ccc(-c3cccnc3)n2)CC1. The van der Waals surface area contributed by atoms with E-state index in [0.717, 1.165) is 16.8 Å². The fourth-order valence-corrected chi connectivity index (χ4v) is 4.59. The van der Waals surface area contributed by atoms with Crippen molar-refractivity contribution in [3.63, 3.8) is 0 Å². The van der Waals surface area contributed by atoms with Crippen LogP contribution in [0.3, 0.4) is 0 Å². The van der Waals surface area contributed by atoms with Gasteiger partial charge in [-0.2, -0.15) is 5.10 Å². The number of benzene rings is 1. The quantitative estimate of drug-likeness (QED) is 0.470. The molecule has 2 fully saturated rings. The Balaban J connectivity index is 1.14. The van der Waals surface area contributed by atoms with Gasteiger partial charge in [0.05, 0.1) is 5.69 Å². The van der Waals surface area contributed by atoms with Gasteiger partial charge in [0, 0.05) is 43.3 Å². The predicted molar refractivity (Wildman–Crippen MR) is 128 cm³/mol. The van der Waals surface area contributed by atoms with Crippen LogP contribution in [0.2, 0.25) is 0 Å². The molecule has 10 nitrogen and oxygen atoms in total. The van der Waals surface area contributed by atoms with E-state index in [-0.39, 0.29) is 31.7 Å². The second-order valence-electron chi connectivity index (χ2n) is 8.85. The molecule has 0 aliphatic carbocycles. The third kappa shape index (κ3) is 5.22. The molecule has 0 bridgehead atoms. The van der Waals surface area contributed by atoms with Crippen molar-refractivity contribution in [2.24, 2.45) is 0 Å². The molecular formula is C26H27N5O5. The molecule has 36 heavy (non-hydrogen) atoms. The van der Waals surface area contributed by atoms with E-state index in [1.807, 2.05) is 48.5 Å². The molecule has 4 heterocycles. The fraction of sp³-hybridized carbons (Fsp3) is 0.346. The van der Waals surface area contributed by atoms with Crippen LogP contribution in [0.4, 0.5) is 4.79 Å². The molecule has 2 amide bonds. The van der Waals surface area contributed by atoms with E-state index in [1.165, 1.54) is 4.90 Å². The van der Waals surface area contributed by atoms with Crippen molar-refractivity contribution in [2.75, 3.05) is 19.7 Å². The lowest BCUT2D eigenvalue weighted by Gasteiger charge is -2.37. The molecule has 0 N–H and O–H groups in total. The largest absolute Gasteiger partial charge is 0.459 e. The molecule has 186 valence electrons. The summed E-state index contributed by atoms with van der Waals surface area (Å²) in [7, 11) is 0. The standard InChI is InChI=1S/C26H27N5O5/c32-24(16-30-14-10-22(28-30)20-7-4-11-27-15-20)29-12-8-21(9-13-29)31-23(18-36-26(31)34)25(33)35-17-19-5-2-1-3-6-19/h1-7,10-11,14-15,21,23H,8-9,12-13,16-18H2. The topological polar surface area (TPSA) is 107 Å². The Morgan fingerprint density at radius 1 is 1.06 bits per heavy atom. The molecule has 2 aliphatic rings. The molecule has 3 aromatic rings. The van der Waals surface area contributed by atoms with E-state index < -0.39 is 18.1 Å². The first-order valence-electron chi connectivity index (χ1n) is 12.0. The van der Waals surface area contributed by atoms with Crippen molar-refractivity contribution >= 4 is 18.0 Å². The maximum atomic E-state index is 12.9. The van der Waals surface area contributed by atoms with Gasteiger partial charge in [0.2, 0.25) is 5.91 Å². The number of carbonyl (C=O) groups excluding carboxylic acids is 3. The zero-order chi connectivity index (χ0) is 24.9. The van der Waals surface area contributed by atoms with Gasteiger partial charge in [-0.15, -0.1) is 0 Å². The Morgan fingerprint density at radius 2 is 1.86 bits per heavy atom. The smallest absolute Gasteiger partial charge is 0.410 e. The number of nitrogens with zero attached hydrogens (tertiary/aromatic N) is 5. The van der Waals surface area contributed by atoms with Gasteiger partial charge in [-0.1, -0.05) is 30.3 Å². The maximum Gasteiger partial charge on any atom is 0.410 e. The van der Waals surface area contributed by atoms with E-state index in [9.17, 15) is 14.4 Å². The van der Waals surface area contributed by atoms with Crippen molar-refractivity contribution in [3.8, 4) is 11.3 Å². The average Bonchev–Trinajstić information content (AvgIpc) is 3.55. The summed E-state index contributed by atoms with van der Waals surface area (Å²) in [6.07, 6.45) is 5.81. The van der Waals surface area contributed by atoms with Crippen LogP contribution in [0.5, 0.6) is 0 Å². The summed E-state index contributed by atoms with van der Waals surface area (Å²) in [5.41, 5.74) is 2.52. The van der Waals surface area contributed by atoms with Crippen LogP contribution in [-0.2, 0) is 32.2 Å². The average molecular weight is 490 g/mol. The molecule has 10 heteroatoms. The number of pyridine rings is 1. The van der Waals surface area contributed by atoms with Crippen molar-refractivity contribution in [1.82, 2.24) is 24.6 Å². The number of hydrogen-bond acceptors (Lipinski definition) is 7. The van der Waals surface area contributed by atoms with Gasteiger partial charge in [-0.3, -0.25) is 19.4 Å². The van der Waals surface area contributed by atoms with Gasteiger partial charge in [-0.05, 0) is 36.6 Å². The van der Waals surface area contributed by atoms with Crippen LogP contribution >= 0.6 is 0 Å². The molecule has 2 aromatic heterocycles. The first kappa shape index (κ1) is 23.5. The summed E-state index contributed by atoms with van der Waals surface area (Å²) in [6, 6.07) is 14.0. The molecule has 0 radical (unpaired) electrons. The van der Waals surface area contributed by atoms with Crippen LogP contribution in [0.1, 0.15) is 18.4 Å². The third-order valence-electron chi connectivity index (χ3n) is 6.51. The Labute approximate surface area is 208 Å². The zero-order valence-electron chi connectivity index (χ0n) is 19.7. The van der Waals surface area contributed by atoms with Gasteiger partial charge >= 0.3 is 12.1 Å². The lowest BCUT2D eigenvalue weighted by molar-refractivity contribution is -0.150. The molecule has 5 rings (SSSR count). The number of cyclic esters (lactones) is 1. The Morgan fingerprint density at radius 3 is 2.61 bits per heavy atom.